The minimum absolute atomic E-state index is 0.0843. The van der Waals surface area contributed by atoms with Gasteiger partial charge >= 0.3 is 7.12 Å². The Kier molecular flexibility index (Phi) is 3.89. The van der Waals surface area contributed by atoms with E-state index < -0.39 is 24.1 Å². The van der Waals surface area contributed by atoms with Gasteiger partial charge in [-0.05, 0) is 39.2 Å². The van der Waals surface area contributed by atoms with Gasteiger partial charge in [0.05, 0.1) is 11.2 Å². The Balaban J connectivity index is 2.19. The van der Waals surface area contributed by atoms with Crippen molar-refractivity contribution in [3.05, 3.63) is 29.6 Å². The molecular weight excluding hydrogens is 262 g/mol. The molecule has 108 valence electrons. The van der Waals surface area contributed by atoms with Crippen molar-refractivity contribution in [1.82, 2.24) is 0 Å². The number of carbonyl (C=O) groups excluding carboxylic acids is 1. The van der Waals surface area contributed by atoms with E-state index in [1.807, 2.05) is 27.7 Å². The van der Waals surface area contributed by atoms with Crippen LogP contribution >= 0.6 is 0 Å². The first-order chi connectivity index (χ1) is 9.27. The van der Waals surface area contributed by atoms with Crippen molar-refractivity contribution in [1.29, 1.82) is 0 Å². The minimum Gasteiger partial charge on any atom is -0.463 e. The van der Waals surface area contributed by atoms with Crippen LogP contribution in [0.25, 0.3) is 0 Å². The number of halogens is 1. The molecule has 1 heterocycles. The lowest BCUT2D eigenvalue weighted by Crippen LogP contribution is -2.41. The van der Waals surface area contributed by atoms with Gasteiger partial charge in [-0.2, -0.15) is 0 Å². The van der Waals surface area contributed by atoms with Gasteiger partial charge in [-0.1, -0.05) is 12.1 Å². The van der Waals surface area contributed by atoms with E-state index >= 15 is 0 Å². The van der Waals surface area contributed by atoms with Crippen LogP contribution in [0, 0.1) is 5.82 Å². The molecule has 2 rings (SSSR count). The average Bonchev–Trinajstić information content (AvgIpc) is 2.57. The third-order valence-corrected chi connectivity index (χ3v) is 3.91. The van der Waals surface area contributed by atoms with Gasteiger partial charge in [-0.25, -0.2) is 4.39 Å². The van der Waals surface area contributed by atoms with E-state index in [1.54, 1.807) is 12.1 Å². The lowest BCUT2D eigenvalue weighted by Gasteiger charge is -2.32. The summed E-state index contributed by atoms with van der Waals surface area (Å²) in [5.41, 5.74) is -0.00526. The Bertz CT molecular complexity index is 500. The quantitative estimate of drug-likeness (QED) is 0.623. The Morgan fingerprint density at radius 1 is 1.25 bits per heavy atom. The predicted molar refractivity (Wildman–Crippen MR) is 73.0 cm³/mol. The summed E-state index contributed by atoms with van der Waals surface area (Å²) in [6.07, 6.45) is 0. The van der Waals surface area contributed by atoms with Gasteiger partial charge in [-0.3, -0.25) is 4.79 Å². The van der Waals surface area contributed by atoms with Crippen LogP contribution in [0.15, 0.2) is 18.2 Å². The topological polar surface area (TPSA) is 44.8 Å². The molecule has 20 heavy (non-hydrogen) atoms. The van der Waals surface area contributed by atoms with Crippen molar-refractivity contribution < 1.29 is 23.2 Å². The lowest BCUT2D eigenvalue weighted by molar-refractivity contribution is -0.129. The second-order valence-corrected chi connectivity index (χ2v) is 5.85. The van der Waals surface area contributed by atoms with Crippen LogP contribution in [0.1, 0.15) is 33.3 Å². The van der Waals surface area contributed by atoms with Gasteiger partial charge in [0.2, 0.25) is 0 Å². The second kappa shape index (κ2) is 5.18. The fourth-order valence-corrected chi connectivity index (χ4v) is 1.93. The first-order valence-electron chi connectivity index (χ1n) is 6.46. The molecule has 0 spiro atoms. The number of carbonyl (C=O) groups is 1. The van der Waals surface area contributed by atoms with Crippen LogP contribution in [0.3, 0.4) is 0 Å². The van der Waals surface area contributed by atoms with Crippen LogP contribution < -0.4 is 5.46 Å². The van der Waals surface area contributed by atoms with Gasteiger partial charge < -0.3 is 14.0 Å². The first kappa shape index (κ1) is 15.0. The molecule has 6 heteroatoms. The molecule has 1 saturated heterocycles. The van der Waals surface area contributed by atoms with Gasteiger partial charge in [0.15, 0.2) is 0 Å². The molecule has 0 atom stereocenters. The van der Waals surface area contributed by atoms with Crippen molar-refractivity contribution in [2.24, 2.45) is 0 Å². The molecule has 0 N–H and O–H groups in total. The zero-order chi connectivity index (χ0) is 15.0. The van der Waals surface area contributed by atoms with Crippen molar-refractivity contribution in [2.75, 3.05) is 0 Å². The van der Waals surface area contributed by atoms with Crippen molar-refractivity contribution in [3.63, 3.8) is 0 Å². The molecule has 0 radical (unpaired) electrons. The Labute approximate surface area is 118 Å². The molecule has 0 saturated carbocycles. The van der Waals surface area contributed by atoms with Crippen LogP contribution in [-0.4, -0.2) is 24.8 Å². The molecule has 1 aliphatic rings. The molecule has 0 bridgehead atoms. The zero-order valence-electron chi connectivity index (χ0n) is 12.1. The molecule has 0 aromatic heterocycles. The third-order valence-electron chi connectivity index (χ3n) is 3.91. The summed E-state index contributed by atoms with van der Waals surface area (Å²) in [7, 11) is -0.601. The maximum Gasteiger partial charge on any atom is 0.494 e. The highest BCUT2D eigenvalue weighted by Gasteiger charge is 2.51. The summed E-state index contributed by atoms with van der Waals surface area (Å²) in [6.45, 7) is 7.97. The van der Waals surface area contributed by atoms with E-state index in [0.717, 1.165) is 0 Å². The molecule has 0 unspecified atom stereocenters. The zero-order valence-corrected chi connectivity index (χ0v) is 12.1. The summed E-state index contributed by atoms with van der Waals surface area (Å²) in [6, 6.07) is 4.64. The number of hydrogen-bond acceptors (Lipinski definition) is 4. The Hall–Kier alpha value is -1.40. The van der Waals surface area contributed by atoms with Gasteiger partial charge in [0.25, 0.3) is 6.47 Å². The van der Waals surface area contributed by atoms with Crippen molar-refractivity contribution in [2.45, 2.75) is 45.5 Å². The van der Waals surface area contributed by atoms with Crippen molar-refractivity contribution >= 4 is 19.1 Å². The Morgan fingerprint density at radius 3 is 2.35 bits per heavy atom. The number of benzene rings is 1. The van der Waals surface area contributed by atoms with E-state index in [4.69, 9.17) is 9.31 Å². The minimum atomic E-state index is -0.601. The molecular formula is C14H18BFO4. The normalized spacial score (nSPS) is 19.9. The summed E-state index contributed by atoms with van der Waals surface area (Å²) >= 11 is 0. The van der Waals surface area contributed by atoms with Gasteiger partial charge in [0, 0.05) is 5.56 Å². The number of hydrogen-bond donors (Lipinski definition) is 0. The smallest absolute Gasteiger partial charge is 0.463 e. The summed E-state index contributed by atoms with van der Waals surface area (Å²) in [4.78, 5) is 10.1. The van der Waals surface area contributed by atoms with E-state index in [-0.39, 0.29) is 6.61 Å². The van der Waals surface area contributed by atoms with Crippen LogP contribution in [0.4, 0.5) is 4.39 Å². The van der Waals surface area contributed by atoms with E-state index in [0.29, 0.717) is 17.5 Å². The van der Waals surface area contributed by atoms with Crippen LogP contribution in [0.5, 0.6) is 0 Å². The molecule has 1 fully saturated rings. The summed E-state index contributed by atoms with van der Waals surface area (Å²) in [5, 5.41) is 0. The Morgan fingerprint density at radius 2 is 1.85 bits per heavy atom. The van der Waals surface area contributed by atoms with Crippen molar-refractivity contribution in [3.8, 4) is 0 Å². The lowest BCUT2D eigenvalue weighted by atomic mass is 9.79. The van der Waals surface area contributed by atoms with Crippen LogP contribution in [-0.2, 0) is 25.4 Å². The fourth-order valence-electron chi connectivity index (χ4n) is 1.93. The predicted octanol–water partition coefficient (Wildman–Crippen LogP) is 1.80. The number of ether oxygens (including phenoxy) is 1. The first-order valence-corrected chi connectivity index (χ1v) is 6.46. The molecule has 4 nitrogen and oxygen atoms in total. The van der Waals surface area contributed by atoms with E-state index in [2.05, 4.69) is 4.74 Å². The maximum absolute atomic E-state index is 13.9. The SMILES string of the molecule is CC1(C)OB(c2ccc(COC=O)c(F)c2)OC1(C)C. The van der Waals surface area contributed by atoms with E-state index in [1.165, 1.54) is 6.07 Å². The fraction of sp³-hybridized carbons (Fsp3) is 0.500. The monoisotopic (exact) mass is 280 g/mol. The summed E-state index contributed by atoms with van der Waals surface area (Å²) in [5.74, 6) is -0.445. The standard InChI is InChI=1S/C14H18BFO4/c1-13(2)14(3,4)20-15(19-13)11-6-5-10(8-18-9-17)12(16)7-11/h5-7,9H,8H2,1-4H3. The molecule has 1 aliphatic heterocycles. The molecule has 0 aliphatic carbocycles. The molecule has 1 aromatic carbocycles. The maximum atomic E-state index is 13.9. The van der Waals surface area contributed by atoms with Crippen LogP contribution in [0.2, 0.25) is 0 Å². The van der Waals surface area contributed by atoms with Gasteiger partial charge in [0.1, 0.15) is 12.4 Å². The second-order valence-electron chi connectivity index (χ2n) is 5.85. The average molecular weight is 280 g/mol. The summed E-state index contributed by atoms with van der Waals surface area (Å²) < 4.78 is 30.2. The number of rotatable bonds is 4. The highest BCUT2D eigenvalue weighted by Crippen LogP contribution is 2.36. The van der Waals surface area contributed by atoms with E-state index in [9.17, 15) is 9.18 Å². The highest BCUT2D eigenvalue weighted by atomic mass is 19.1. The molecule has 1 aromatic rings. The highest BCUT2D eigenvalue weighted by molar-refractivity contribution is 6.62. The molecule has 0 amide bonds. The largest absolute Gasteiger partial charge is 0.494 e. The van der Waals surface area contributed by atoms with Gasteiger partial charge in [-0.15, -0.1) is 0 Å². The third kappa shape index (κ3) is 2.71.